The zero-order valence-electron chi connectivity index (χ0n) is 51.5. The molecule has 1 N–H and O–H groups in total. The number of ether oxygens (including phenoxy) is 2. The average molecular weight is 1130 g/mol. The van der Waals surface area contributed by atoms with Gasteiger partial charge < -0.3 is 18.9 Å². The highest BCUT2D eigenvalue weighted by molar-refractivity contribution is 7.47. The molecule has 0 radical (unpaired) electrons. The van der Waals surface area contributed by atoms with Crippen molar-refractivity contribution in [2.24, 2.45) is 0 Å². The van der Waals surface area contributed by atoms with Crippen molar-refractivity contribution in [1.29, 1.82) is 0 Å². The maximum Gasteiger partial charge on any atom is 0.472 e. The second kappa shape index (κ2) is 59.5. The van der Waals surface area contributed by atoms with Gasteiger partial charge in [0.25, 0.3) is 0 Å². The third-order valence-electron chi connectivity index (χ3n) is 12.9. The fourth-order valence-corrected chi connectivity index (χ4v) is 8.82. The zero-order valence-corrected chi connectivity index (χ0v) is 52.4. The minimum absolute atomic E-state index is 0.0213. The number of likely N-dealkylation sites (N-methyl/N-ethyl adjacent to an activating group) is 1. The van der Waals surface area contributed by atoms with E-state index in [1.807, 2.05) is 21.1 Å². The third kappa shape index (κ3) is 63.1. The van der Waals surface area contributed by atoms with Gasteiger partial charge in [-0.1, -0.05) is 250 Å². The Morgan fingerprint density at radius 2 is 0.675 bits per heavy atom. The van der Waals surface area contributed by atoms with Crippen molar-refractivity contribution in [2.45, 2.75) is 238 Å². The van der Waals surface area contributed by atoms with Crippen LogP contribution in [0.2, 0.25) is 0 Å². The summed E-state index contributed by atoms with van der Waals surface area (Å²) in [4.78, 5) is 35.8. The Kier molecular flexibility index (Phi) is 56.5. The van der Waals surface area contributed by atoms with Crippen molar-refractivity contribution < 1.29 is 42.1 Å². The van der Waals surface area contributed by atoms with Crippen LogP contribution in [0.3, 0.4) is 0 Å². The van der Waals surface area contributed by atoms with Crippen LogP contribution < -0.4 is 0 Å². The van der Waals surface area contributed by atoms with E-state index in [0.717, 1.165) is 135 Å². The summed E-state index contributed by atoms with van der Waals surface area (Å²) in [5.74, 6) is -0.821. The van der Waals surface area contributed by atoms with Gasteiger partial charge in [0, 0.05) is 12.8 Å². The lowest BCUT2D eigenvalue weighted by Crippen LogP contribution is -2.37. The number of phosphoric ester groups is 1. The lowest BCUT2D eigenvalue weighted by molar-refractivity contribution is -0.870. The molecule has 0 saturated heterocycles. The summed E-state index contributed by atoms with van der Waals surface area (Å²) in [6.45, 7) is 4.18. The summed E-state index contributed by atoms with van der Waals surface area (Å²) in [7, 11) is 1.45. The van der Waals surface area contributed by atoms with Crippen LogP contribution in [0.5, 0.6) is 0 Å². The Hall–Kier alpha value is -4.11. The van der Waals surface area contributed by atoms with E-state index < -0.39 is 26.5 Å². The van der Waals surface area contributed by atoms with E-state index >= 15 is 0 Å². The molecule has 0 aliphatic rings. The topological polar surface area (TPSA) is 108 Å². The van der Waals surface area contributed by atoms with Crippen LogP contribution in [0.1, 0.15) is 232 Å². The molecule has 454 valence electrons. The van der Waals surface area contributed by atoms with E-state index in [9.17, 15) is 19.0 Å². The SMILES string of the molecule is CC/C=C\C/C=C\C/C=C\C/C=C\C/C=C\C/C=C\CCCCCCCCCCCCC(=O)OC(COC(=O)CCCCCCCCCC/C=C\C/C=C\C/C=C\C/C=C\C/C=C\C/C=C\CC)COP(=O)(O)OCC[N+](C)(C)C. The number of unbranched alkanes of at least 4 members (excludes halogenated alkanes) is 18. The number of nitrogens with zero attached hydrogens (tertiary/aromatic N) is 1. The molecule has 0 aromatic rings. The molecule has 0 saturated carbocycles. The maximum absolute atomic E-state index is 12.9. The first kappa shape index (κ1) is 75.9. The molecule has 0 aromatic heterocycles. The normalized spacial score (nSPS) is 14.2. The fraction of sp³-hybridized carbons (Fsp3) is 0.629. The molecule has 0 spiro atoms. The minimum Gasteiger partial charge on any atom is -0.462 e. The second-order valence-electron chi connectivity index (χ2n) is 21.7. The fourth-order valence-electron chi connectivity index (χ4n) is 8.08. The number of carbonyl (C=O) groups excluding carboxylic acids is 2. The molecule has 0 amide bonds. The molecular weight excluding hydrogens is 1010 g/mol. The van der Waals surface area contributed by atoms with Gasteiger partial charge in [-0.3, -0.25) is 18.6 Å². The highest BCUT2D eigenvalue weighted by atomic mass is 31.2. The summed E-state index contributed by atoms with van der Waals surface area (Å²) >= 11 is 0. The quantitative estimate of drug-likeness (QED) is 0.0211. The van der Waals surface area contributed by atoms with Crippen LogP contribution in [0.15, 0.2) is 146 Å². The summed E-state index contributed by atoms with van der Waals surface area (Å²) in [5, 5.41) is 0. The number of esters is 2. The number of phosphoric acid groups is 1. The molecule has 0 rings (SSSR count). The van der Waals surface area contributed by atoms with Crippen molar-refractivity contribution in [1.82, 2.24) is 0 Å². The van der Waals surface area contributed by atoms with Gasteiger partial charge in [0.2, 0.25) is 0 Å². The molecule has 2 atom stereocenters. The number of allylic oxidation sites excluding steroid dienone is 24. The Morgan fingerprint density at radius 3 is 1.00 bits per heavy atom. The number of rotatable bonds is 56. The second-order valence-corrected chi connectivity index (χ2v) is 23.1. The molecule has 10 heteroatoms. The van der Waals surface area contributed by atoms with Crippen molar-refractivity contribution in [3.8, 4) is 0 Å². The van der Waals surface area contributed by atoms with Crippen LogP contribution >= 0.6 is 7.82 Å². The average Bonchev–Trinajstić information content (AvgIpc) is 3.42. The van der Waals surface area contributed by atoms with Crippen molar-refractivity contribution in [2.75, 3.05) is 47.5 Å². The molecule has 0 aliphatic carbocycles. The van der Waals surface area contributed by atoms with Crippen LogP contribution in [0, 0.1) is 0 Å². The first-order valence-corrected chi connectivity index (χ1v) is 33.1. The van der Waals surface area contributed by atoms with Crippen molar-refractivity contribution in [3.05, 3.63) is 146 Å². The maximum atomic E-state index is 12.9. The summed E-state index contributed by atoms with van der Waals surface area (Å²) in [6, 6.07) is 0. The molecule has 80 heavy (non-hydrogen) atoms. The van der Waals surface area contributed by atoms with Crippen LogP contribution in [-0.4, -0.2) is 74.9 Å². The van der Waals surface area contributed by atoms with Gasteiger partial charge in [-0.05, 0) is 116 Å². The van der Waals surface area contributed by atoms with E-state index in [0.29, 0.717) is 17.4 Å². The van der Waals surface area contributed by atoms with Gasteiger partial charge in [-0.25, -0.2) is 4.57 Å². The smallest absolute Gasteiger partial charge is 0.462 e. The van der Waals surface area contributed by atoms with Gasteiger partial charge >= 0.3 is 19.8 Å². The van der Waals surface area contributed by atoms with E-state index in [-0.39, 0.29) is 32.0 Å². The molecule has 9 nitrogen and oxygen atoms in total. The van der Waals surface area contributed by atoms with Crippen LogP contribution in [0.25, 0.3) is 0 Å². The molecule has 0 fully saturated rings. The predicted octanol–water partition coefficient (Wildman–Crippen LogP) is 20.3. The Morgan fingerprint density at radius 1 is 0.388 bits per heavy atom. The molecule has 0 aliphatic heterocycles. The molecule has 2 unspecified atom stereocenters. The van der Waals surface area contributed by atoms with E-state index in [1.54, 1.807) is 0 Å². The standard InChI is InChI=1S/C70H116NO8P/c1-6-8-10-12-14-16-18-20-22-24-26-28-30-32-34-35-37-39-41-43-45-47-49-51-53-55-57-59-61-63-70(73)79-68(67-78-80(74,75)77-65-64-71(3,4)5)66-76-69(72)62-60-58-56-54-52-50-48-46-44-42-40-38-36-33-31-29-27-25-23-21-19-17-15-13-11-9-7-2/h8-11,14-17,20-23,26-29,32-34,36-37,39-40,42,68H,6-7,12-13,18-19,24-25,30-31,35,38,41,43-67H2,1-5H3/p+1/b10-8-,11-9-,16-14-,17-15-,22-20-,23-21-,28-26-,29-27-,34-32-,36-33-,39-37-,42-40-. The number of hydrogen-bond acceptors (Lipinski definition) is 7. The monoisotopic (exact) mass is 1130 g/mol. The Labute approximate surface area is 491 Å². The first-order valence-electron chi connectivity index (χ1n) is 31.6. The molecular formula is C70H117NO8P+. The van der Waals surface area contributed by atoms with Crippen LogP contribution in [-0.2, 0) is 32.7 Å². The van der Waals surface area contributed by atoms with Gasteiger partial charge in [0.1, 0.15) is 19.8 Å². The lowest BCUT2D eigenvalue weighted by Gasteiger charge is -2.24. The summed E-state index contributed by atoms with van der Waals surface area (Å²) in [5.41, 5.74) is 0. The van der Waals surface area contributed by atoms with Crippen LogP contribution in [0.4, 0.5) is 0 Å². The largest absolute Gasteiger partial charge is 0.472 e. The number of carbonyl (C=O) groups is 2. The number of quaternary nitrogens is 1. The Bertz CT molecular complexity index is 1860. The van der Waals surface area contributed by atoms with Crippen molar-refractivity contribution >= 4 is 19.8 Å². The molecule has 0 heterocycles. The highest BCUT2D eigenvalue weighted by Crippen LogP contribution is 2.43. The summed E-state index contributed by atoms with van der Waals surface area (Å²) in [6.07, 6.45) is 87.7. The zero-order chi connectivity index (χ0) is 58.4. The number of hydrogen-bond donors (Lipinski definition) is 1. The van der Waals surface area contributed by atoms with E-state index in [4.69, 9.17) is 18.5 Å². The summed E-state index contributed by atoms with van der Waals surface area (Å²) < 4.78 is 34.6. The van der Waals surface area contributed by atoms with Gasteiger partial charge in [-0.2, -0.15) is 0 Å². The predicted molar refractivity (Wildman–Crippen MR) is 343 cm³/mol. The molecule has 0 aromatic carbocycles. The highest BCUT2D eigenvalue weighted by Gasteiger charge is 2.27. The van der Waals surface area contributed by atoms with Gasteiger partial charge in [0.15, 0.2) is 6.10 Å². The minimum atomic E-state index is -4.40. The van der Waals surface area contributed by atoms with Crippen molar-refractivity contribution in [3.63, 3.8) is 0 Å². The lowest BCUT2D eigenvalue weighted by atomic mass is 10.0. The van der Waals surface area contributed by atoms with E-state index in [2.05, 4.69) is 160 Å². The van der Waals surface area contributed by atoms with E-state index in [1.165, 1.54) is 64.2 Å². The molecule has 0 bridgehead atoms. The van der Waals surface area contributed by atoms with Gasteiger partial charge in [0.05, 0.1) is 27.7 Å². The third-order valence-corrected chi connectivity index (χ3v) is 13.8. The van der Waals surface area contributed by atoms with Gasteiger partial charge in [-0.15, -0.1) is 0 Å². The Balaban J connectivity index is 4.20. The first-order chi connectivity index (χ1) is 39.0.